The van der Waals surface area contributed by atoms with Gasteiger partial charge >= 0.3 is 0 Å². The van der Waals surface area contributed by atoms with E-state index in [2.05, 4.69) is 26.1 Å². The molecule has 2 saturated carbocycles. The zero-order valence-electron chi connectivity index (χ0n) is 13.1. The molecule has 2 unspecified atom stereocenters. The number of hydrogen-bond acceptors (Lipinski definition) is 2. The lowest BCUT2D eigenvalue weighted by Crippen LogP contribution is -2.63. The molecule has 2 nitrogen and oxygen atoms in total. The summed E-state index contributed by atoms with van der Waals surface area (Å²) in [4.78, 5) is 0. The minimum atomic E-state index is 0.122. The molecular weight excluding hydrogens is 234 g/mol. The summed E-state index contributed by atoms with van der Waals surface area (Å²) in [5.74, 6) is 0.796. The first kappa shape index (κ1) is 13.9. The van der Waals surface area contributed by atoms with Crippen molar-refractivity contribution >= 4 is 0 Å². The summed E-state index contributed by atoms with van der Waals surface area (Å²) in [5.41, 5.74) is 0.729. The van der Waals surface area contributed by atoms with Crippen molar-refractivity contribution in [3.63, 3.8) is 0 Å². The minimum Gasteiger partial charge on any atom is -0.366 e. The number of hydrogen-bond donors (Lipinski definition) is 1. The van der Waals surface area contributed by atoms with Crippen LogP contribution in [0, 0.1) is 11.3 Å². The van der Waals surface area contributed by atoms with E-state index in [9.17, 15) is 0 Å². The van der Waals surface area contributed by atoms with E-state index < -0.39 is 0 Å². The van der Waals surface area contributed by atoms with Crippen molar-refractivity contribution in [1.29, 1.82) is 0 Å². The Labute approximate surface area is 118 Å². The van der Waals surface area contributed by atoms with E-state index in [0.29, 0.717) is 5.41 Å². The summed E-state index contributed by atoms with van der Waals surface area (Å²) in [6.45, 7) is 9.42. The van der Waals surface area contributed by atoms with E-state index in [4.69, 9.17) is 4.74 Å². The smallest absolute Gasteiger partial charge is 0.0822 e. The van der Waals surface area contributed by atoms with Crippen molar-refractivity contribution in [2.45, 2.75) is 83.3 Å². The van der Waals surface area contributed by atoms with Gasteiger partial charge in [-0.05, 0) is 43.4 Å². The summed E-state index contributed by atoms with van der Waals surface area (Å²) < 4.78 is 6.89. The standard InChI is InChI=1S/C17H31NO/c1-14-9-15(2,3)11-17(10-14)13-18-12-16(19-17)7-5-4-6-8-16/h14,18H,4-13H2,1-3H3. The summed E-state index contributed by atoms with van der Waals surface area (Å²) in [7, 11) is 0. The van der Waals surface area contributed by atoms with Gasteiger partial charge in [-0.1, -0.05) is 40.0 Å². The van der Waals surface area contributed by atoms with Crippen LogP contribution in [0.5, 0.6) is 0 Å². The Morgan fingerprint density at radius 1 is 0.947 bits per heavy atom. The van der Waals surface area contributed by atoms with Crippen LogP contribution in [0.1, 0.15) is 72.1 Å². The van der Waals surface area contributed by atoms with E-state index in [0.717, 1.165) is 19.0 Å². The van der Waals surface area contributed by atoms with Crippen LogP contribution in [0.25, 0.3) is 0 Å². The van der Waals surface area contributed by atoms with Gasteiger partial charge in [0.15, 0.2) is 0 Å². The molecule has 0 aromatic carbocycles. The van der Waals surface area contributed by atoms with Crippen molar-refractivity contribution in [2.24, 2.45) is 11.3 Å². The van der Waals surface area contributed by atoms with E-state index in [1.54, 1.807) is 0 Å². The molecule has 1 saturated heterocycles. The van der Waals surface area contributed by atoms with Gasteiger partial charge < -0.3 is 10.1 Å². The van der Waals surface area contributed by atoms with E-state index >= 15 is 0 Å². The Kier molecular flexibility index (Phi) is 3.46. The van der Waals surface area contributed by atoms with Crippen LogP contribution in [-0.2, 0) is 4.74 Å². The highest BCUT2D eigenvalue weighted by Gasteiger charge is 2.50. The van der Waals surface area contributed by atoms with Gasteiger partial charge in [-0.25, -0.2) is 0 Å². The normalized spacial score (nSPS) is 41.5. The Morgan fingerprint density at radius 3 is 2.32 bits per heavy atom. The molecule has 1 aliphatic heterocycles. The van der Waals surface area contributed by atoms with Gasteiger partial charge in [0.25, 0.3) is 0 Å². The lowest BCUT2D eigenvalue weighted by molar-refractivity contribution is -0.220. The van der Waals surface area contributed by atoms with Crippen LogP contribution in [0.3, 0.4) is 0 Å². The van der Waals surface area contributed by atoms with E-state index in [-0.39, 0.29) is 11.2 Å². The van der Waals surface area contributed by atoms with Gasteiger partial charge in [0, 0.05) is 13.1 Å². The molecule has 0 aromatic heterocycles. The number of morpholine rings is 1. The Balaban J connectivity index is 1.79. The van der Waals surface area contributed by atoms with Gasteiger partial charge in [-0.15, -0.1) is 0 Å². The molecule has 0 amide bonds. The fraction of sp³-hybridized carbons (Fsp3) is 1.00. The molecule has 0 radical (unpaired) electrons. The third kappa shape index (κ3) is 2.85. The molecule has 2 heteroatoms. The van der Waals surface area contributed by atoms with Gasteiger partial charge in [-0.2, -0.15) is 0 Å². The molecule has 3 fully saturated rings. The maximum atomic E-state index is 6.89. The molecule has 0 aromatic rings. The van der Waals surface area contributed by atoms with Crippen LogP contribution < -0.4 is 5.32 Å². The Morgan fingerprint density at radius 2 is 1.63 bits per heavy atom. The SMILES string of the molecule is CC1CC(C)(C)CC2(CNCC3(CCCCC3)O2)C1. The fourth-order valence-corrected chi connectivity index (χ4v) is 5.40. The molecule has 0 bridgehead atoms. The van der Waals surface area contributed by atoms with Gasteiger partial charge in [0.05, 0.1) is 11.2 Å². The van der Waals surface area contributed by atoms with Gasteiger partial charge in [-0.3, -0.25) is 0 Å². The Hall–Kier alpha value is -0.0800. The van der Waals surface area contributed by atoms with Crippen LogP contribution in [0.2, 0.25) is 0 Å². The molecule has 3 aliphatic rings. The molecule has 19 heavy (non-hydrogen) atoms. The average molecular weight is 265 g/mol. The predicted molar refractivity (Wildman–Crippen MR) is 79.3 cm³/mol. The Bertz CT molecular complexity index is 327. The highest BCUT2D eigenvalue weighted by molar-refractivity contribution is 5.03. The second-order valence-corrected chi connectivity index (χ2v) is 8.49. The zero-order valence-corrected chi connectivity index (χ0v) is 13.1. The van der Waals surface area contributed by atoms with Crippen molar-refractivity contribution in [3.8, 4) is 0 Å². The van der Waals surface area contributed by atoms with Gasteiger partial charge in [0.2, 0.25) is 0 Å². The van der Waals surface area contributed by atoms with E-state index in [1.165, 1.54) is 51.4 Å². The lowest BCUT2D eigenvalue weighted by atomic mass is 9.64. The maximum absolute atomic E-state index is 6.89. The number of nitrogens with one attached hydrogen (secondary N) is 1. The highest BCUT2D eigenvalue weighted by Crippen LogP contribution is 2.49. The summed E-state index contributed by atoms with van der Waals surface area (Å²) in [6, 6.07) is 0. The topological polar surface area (TPSA) is 21.3 Å². The molecule has 2 atom stereocenters. The average Bonchev–Trinajstić information content (AvgIpc) is 2.26. The molecule has 110 valence electrons. The fourth-order valence-electron chi connectivity index (χ4n) is 5.40. The second kappa shape index (κ2) is 4.73. The molecule has 2 aliphatic carbocycles. The third-order valence-corrected chi connectivity index (χ3v) is 5.51. The second-order valence-electron chi connectivity index (χ2n) is 8.49. The summed E-state index contributed by atoms with van der Waals surface area (Å²) in [5, 5.41) is 3.74. The van der Waals surface area contributed by atoms with Crippen LogP contribution in [0.4, 0.5) is 0 Å². The molecule has 1 N–H and O–H groups in total. The van der Waals surface area contributed by atoms with Crippen molar-refractivity contribution in [3.05, 3.63) is 0 Å². The molecule has 2 spiro atoms. The lowest BCUT2D eigenvalue weighted by Gasteiger charge is -2.56. The first-order valence-electron chi connectivity index (χ1n) is 8.34. The van der Waals surface area contributed by atoms with Crippen molar-refractivity contribution < 1.29 is 4.74 Å². The van der Waals surface area contributed by atoms with Crippen LogP contribution in [-0.4, -0.2) is 24.3 Å². The van der Waals surface area contributed by atoms with E-state index in [1.807, 2.05) is 0 Å². The number of ether oxygens (including phenoxy) is 1. The van der Waals surface area contributed by atoms with Crippen LogP contribution in [0.15, 0.2) is 0 Å². The van der Waals surface area contributed by atoms with Crippen LogP contribution >= 0.6 is 0 Å². The van der Waals surface area contributed by atoms with Crippen molar-refractivity contribution in [2.75, 3.05) is 13.1 Å². The predicted octanol–water partition coefficient (Wildman–Crippen LogP) is 3.89. The first-order chi connectivity index (χ1) is 8.93. The summed E-state index contributed by atoms with van der Waals surface area (Å²) in [6.07, 6.45) is 10.5. The quantitative estimate of drug-likeness (QED) is 0.717. The zero-order chi connectivity index (χ0) is 13.6. The molecular formula is C17H31NO. The van der Waals surface area contributed by atoms with Gasteiger partial charge in [0.1, 0.15) is 0 Å². The number of rotatable bonds is 0. The summed E-state index contributed by atoms with van der Waals surface area (Å²) >= 11 is 0. The highest BCUT2D eigenvalue weighted by atomic mass is 16.5. The molecule has 1 heterocycles. The molecule has 3 rings (SSSR count). The monoisotopic (exact) mass is 265 g/mol. The maximum Gasteiger partial charge on any atom is 0.0822 e. The largest absolute Gasteiger partial charge is 0.366 e. The van der Waals surface area contributed by atoms with Crippen molar-refractivity contribution in [1.82, 2.24) is 5.32 Å². The minimum absolute atomic E-state index is 0.122. The third-order valence-electron chi connectivity index (χ3n) is 5.51. The first-order valence-corrected chi connectivity index (χ1v) is 8.34.